The molecule has 7 heteroatoms. The Morgan fingerprint density at radius 2 is 2.14 bits per heavy atom. The van der Waals surface area contributed by atoms with Gasteiger partial charge >= 0.3 is 0 Å². The van der Waals surface area contributed by atoms with E-state index in [1.165, 1.54) is 12.1 Å². The van der Waals surface area contributed by atoms with Crippen LogP contribution in [-0.2, 0) is 0 Å². The van der Waals surface area contributed by atoms with Crippen molar-refractivity contribution in [2.75, 3.05) is 13.2 Å². The molecule has 0 saturated carbocycles. The molecule has 2 aromatic rings. The van der Waals surface area contributed by atoms with Crippen molar-refractivity contribution in [2.24, 2.45) is 5.73 Å². The van der Waals surface area contributed by atoms with Crippen LogP contribution in [0.1, 0.15) is 24.0 Å². The molecule has 1 heterocycles. The first-order valence-electron chi connectivity index (χ1n) is 8.60. The predicted octanol–water partition coefficient (Wildman–Crippen LogP) is 4.23. The Hall–Kier alpha value is -3.30. The molecule has 28 heavy (non-hydrogen) atoms. The van der Waals surface area contributed by atoms with Crippen LogP contribution in [0.25, 0.3) is 0 Å². The van der Waals surface area contributed by atoms with Gasteiger partial charge in [-0.05, 0) is 30.7 Å². The molecule has 0 unspecified atom stereocenters. The van der Waals surface area contributed by atoms with Crippen LogP contribution < -0.4 is 19.9 Å². The first-order chi connectivity index (χ1) is 13.5. The SMILES string of the molecule is C=CCOc1c(Cl)cc([C@H]2C(C#N)=C(N)Oc3cc(O)ccc32)cc1OCC. The summed E-state index contributed by atoms with van der Waals surface area (Å²) in [6.45, 7) is 6.17. The average Bonchev–Trinajstić information content (AvgIpc) is 2.66. The van der Waals surface area contributed by atoms with E-state index in [4.69, 9.17) is 31.5 Å². The molecular weight excluding hydrogens is 380 g/mol. The lowest BCUT2D eigenvalue weighted by atomic mass is 9.83. The average molecular weight is 399 g/mol. The standard InChI is InChI=1S/C21H19ClN2O4/c1-3-7-27-20-16(22)8-12(9-18(20)26-4-2)19-14-6-5-13(25)10-17(14)28-21(24)15(19)11-23/h3,5-6,8-10,19,25H,1,4,7,24H2,2H3/t19-/m1/s1. The second-order valence-electron chi connectivity index (χ2n) is 6.01. The predicted molar refractivity (Wildman–Crippen MR) is 106 cm³/mol. The van der Waals surface area contributed by atoms with E-state index >= 15 is 0 Å². The lowest BCUT2D eigenvalue weighted by molar-refractivity contribution is 0.296. The lowest BCUT2D eigenvalue weighted by Crippen LogP contribution is -2.21. The molecule has 144 valence electrons. The van der Waals surface area contributed by atoms with Crippen molar-refractivity contribution in [3.63, 3.8) is 0 Å². The quantitative estimate of drug-likeness (QED) is 0.707. The summed E-state index contributed by atoms with van der Waals surface area (Å²) in [6.07, 6.45) is 1.61. The van der Waals surface area contributed by atoms with Gasteiger partial charge in [0.15, 0.2) is 11.5 Å². The van der Waals surface area contributed by atoms with Gasteiger partial charge in [0.05, 0.1) is 17.5 Å². The first-order valence-corrected chi connectivity index (χ1v) is 8.98. The van der Waals surface area contributed by atoms with Gasteiger partial charge in [-0.25, -0.2) is 0 Å². The summed E-state index contributed by atoms with van der Waals surface area (Å²) in [5, 5.41) is 19.8. The molecule has 0 radical (unpaired) electrons. The second-order valence-corrected chi connectivity index (χ2v) is 6.42. The van der Waals surface area contributed by atoms with Gasteiger partial charge in [0.25, 0.3) is 0 Å². The van der Waals surface area contributed by atoms with Gasteiger partial charge < -0.3 is 25.1 Å². The van der Waals surface area contributed by atoms with Crippen molar-refractivity contribution in [3.8, 4) is 29.1 Å². The van der Waals surface area contributed by atoms with Gasteiger partial charge in [-0.15, -0.1) is 0 Å². The van der Waals surface area contributed by atoms with E-state index in [-0.39, 0.29) is 23.8 Å². The number of phenols is 1. The number of hydrogen-bond acceptors (Lipinski definition) is 6. The fraction of sp³-hybridized carbons (Fsp3) is 0.190. The summed E-state index contributed by atoms with van der Waals surface area (Å²) < 4.78 is 16.9. The summed E-state index contributed by atoms with van der Waals surface area (Å²) in [5.74, 6) is 0.718. The summed E-state index contributed by atoms with van der Waals surface area (Å²) >= 11 is 6.46. The monoisotopic (exact) mass is 398 g/mol. The van der Waals surface area contributed by atoms with Crippen molar-refractivity contribution in [3.05, 3.63) is 70.6 Å². The van der Waals surface area contributed by atoms with Gasteiger partial charge in [0.1, 0.15) is 29.7 Å². The van der Waals surface area contributed by atoms with Crippen LogP contribution in [0, 0.1) is 11.3 Å². The fourth-order valence-corrected chi connectivity index (χ4v) is 3.36. The molecule has 0 fully saturated rings. The number of nitrogens with two attached hydrogens (primary N) is 1. The molecule has 2 aromatic carbocycles. The normalized spacial score (nSPS) is 15.2. The number of nitrogens with zero attached hydrogens (tertiary/aromatic N) is 1. The van der Waals surface area contributed by atoms with Gasteiger partial charge in [-0.1, -0.05) is 30.3 Å². The largest absolute Gasteiger partial charge is 0.508 e. The Morgan fingerprint density at radius 3 is 2.82 bits per heavy atom. The highest BCUT2D eigenvalue weighted by Gasteiger charge is 2.32. The highest BCUT2D eigenvalue weighted by molar-refractivity contribution is 6.32. The number of benzene rings is 2. The Balaban J connectivity index is 2.19. The molecule has 1 aliphatic heterocycles. The number of allylic oxidation sites excluding steroid dienone is 1. The van der Waals surface area contributed by atoms with Crippen LogP contribution >= 0.6 is 11.6 Å². The van der Waals surface area contributed by atoms with E-state index in [0.717, 1.165) is 0 Å². The first kappa shape index (κ1) is 19.5. The third-order valence-electron chi connectivity index (χ3n) is 4.21. The van der Waals surface area contributed by atoms with E-state index < -0.39 is 5.92 Å². The number of nitriles is 1. The fourth-order valence-electron chi connectivity index (χ4n) is 3.09. The summed E-state index contributed by atoms with van der Waals surface area (Å²) in [6, 6.07) is 10.3. The number of phenolic OH excluding ortho intramolecular Hbond substituents is 1. The van der Waals surface area contributed by atoms with Crippen LogP contribution in [0.2, 0.25) is 5.02 Å². The van der Waals surface area contributed by atoms with Crippen LogP contribution in [-0.4, -0.2) is 18.3 Å². The van der Waals surface area contributed by atoms with E-state index in [2.05, 4.69) is 12.6 Å². The molecule has 6 nitrogen and oxygen atoms in total. The molecule has 0 aromatic heterocycles. The molecule has 0 bridgehead atoms. The van der Waals surface area contributed by atoms with E-state index in [0.29, 0.717) is 40.0 Å². The zero-order valence-corrected chi connectivity index (χ0v) is 16.0. The third kappa shape index (κ3) is 3.57. The smallest absolute Gasteiger partial charge is 0.205 e. The zero-order valence-electron chi connectivity index (χ0n) is 15.2. The number of aromatic hydroxyl groups is 1. The maximum atomic E-state index is 9.76. The lowest BCUT2D eigenvalue weighted by Gasteiger charge is -2.27. The summed E-state index contributed by atoms with van der Waals surface area (Å²) in [5.41, 5.74) is 7.58. The third-order valence-corrected chi connectivity index (χ3v) is 4.49. The molecule has 1 atom stereocenters. The van der Waals surface area contributed by atoms with Crippen LogP contribution in [0.4, 0.5) is 0 Å². The van der Waals surface area contributed by atoms with Gasteiger partial charge in [0, 0.05) is 11.6 Å². The Labute approximate surface area is 168 Å². The van der Waals surface area contributed by atoms with Gasteiger partial charge in [-0.2, -0.15) is 5.26 Å². The summed E-state index contributed by atoms with van der Waals surface area (Å²) in [7, 11) is 0. The highest BCUT2D eigenvalue weighted by atomic mass is 35.5. The highest BCUT2D eigenvalue weighted by Crippen LogP contribution is 2.46. The van der Waals surface area contributed by atoms with Crippen molar-refractivity contribution < 1.29 is 19.3 Å². The number of fused-ring (bicyclic) bond motifs is 1. The van der Waals surface area contributed by atoms with Crippen molar-refractivity contribution in [1.29, 1.82) is 5.26 Å². The van der Waals surface area contributed by atoms with Crippen molar-refractivity contribution in [1.82, 2.24) is 0 Å². The van der Waals surface area contributed by atoms with E-state index in [1.807, 2.05) is 6.92 Å². The zero-order chi connectivity index (χ0) is 20.3. The number of ether oxygens (including phenoxy) is 3. The molecule has 0 aliphatic carbocycles. The second kappa shape index (κ2) is 8.15. The molecule has 0 saturated heterocycles. The van der Waals surface area contributed by atoms with Crippen molar-refractivity contribution in [2.45, 2.75) is 12.8 Å². The van der Waals surface area contributed by atoms with Gasteiger partial charge in [0.2, 0.25) is 5.88 Å². The van der Waals surface area contributed by atoms with E-state index in [1.54, 1.807) is 24.3 Å². The Bertz CT molecular complexity index is 995. The van der Waals surface area contributed by atoms with Crippen LogP contribution in [0.5, 0.6) is 23.0 Å². The molecule has 1 aliphatic rings. The Morgan fingerprint density at radius 1 is 1.36 bits per heavy atom. The maximum Gasteiger partial charge on any atom is 0.205 e. The molecule has 3 N–H and O–H groups in total. The molecule has 0 amide bonds. The van der Waals surface area contributed by atoms with Crippen LogP contribution in [0.15, 0.2) is 54.4 Å². The van der Waals surface area contributed by atoms with Crippen LogP contribution in [0.3, 0.4) is 0 Å². The number of halogens is 1. The number of rotatable bonds is 6. The maximum absolute atomic E-state index is 9.76. The minimum atomic E-state index is -0.528. The van der Waals surface area contributed by atoms with Crippen molar-refractivity contribution >= 4 is 11.6 Å². The topological polar surface area (TPSA) is 97.7 Å². The minimum Gasteiger partial charge on any atom is -0.508 e. The minimum absolute atomic E-state index is 0.0216. The van der Waals surface area contributed by atoms with Gasteiger partial charge in [-0.3, -0.25) is 0 Å². The molecular formula is C21H19ClN2O4. The molecule has 3 rings (SSSR count). The molecule has 0 spiro atoms. The summed E-state index contributed by atoms with van der Waals surface area (Å²) in [4.78, 5) is 0. The van der Waals surface area contributed by atoms with E-state index in [9.17, 15) is 10.4 Å². The number of hydrogen-bond donors (Lipinski definition) is 2. The Kier molecular flexibility index (Phi) is 5.67.